The van der Waals surface area contributed by atoms with E-state index in [0.717, 1.165) is 11.8 Å². The molecule has 7 N–H and O–H groups in total. The number of nitrogens with zero attached hydrogens (tertiary/aromatic N) is 1. The second kappa shape index (κ2) is 8.86. The van der Waals surface area contributed by atoms with E-state index in [1.807, 2.05) is 0 Å². The van der Waals surface area contributed by atoms with Crippen molar-refractivity contribution in [1.82, 2.24) is 0 Å². The van der Waals surface area contributed by atoms with Crippen LogP contribution in [0.15, 0.2) is 23.0 Å². The highest BCUT2D eigenvalue weighted by atomic mass is 32.2. The molecule has 0 aliphatic heterocycles. The monoisotopic (exact) mass is 517 g/mol. The van der Waals surface area contributed by atoms with Crippen molar-refractivity contribution in [3.8, 4) is 5.75 Å². The molecule has 0 spiro atoms. The lowest BCUT2D eigenvalue weighted by atomic mass is 9.59. The van der Waals surface area contributed by atoms with Crippen molar-refractivity contribution < 1.29 is 39.6 Å². The Morgan fingerprint density at radius 2 is 1.89 bits per heavy atom. The van der Waals surface area contributed by atoms with E-state index in [-0.39, 0.29) is 36.1 Å². The summed E-state index contributed by atoms with van der Waals surface area (Å²) in [4.78, 5) is 51.7. The van der Waals surface area contributed by atoms with Crippen molar-refractivity contribution in [3.63, 3.8) is 0 Å². The van der Waals surface area contributed by atoms with Gasteiger partial charge in [-0.1, -0.05) is 18.7 Å². The summed E-state index contributed by atoms with van der Waals surface area (Å²) in [6.07, 6.45) is -0.163. The summed E-state index contributed by atoms with van der Waals surface area (Å²) in [7, 11) is 3.49. The highest BCUT2D eigenvalue weighted by molar-refractivity contribution is 8.13. The van der Waals surface area contributed by atoms with Gasteiger partial charge in [-0.3, -0.25) is 19.2 Å². The molecule has 0 bridgehead atoms. The molecule has 0 unspecified atom stereocenters. The predicted molar refractivity (Wildman–Crippen MR) is 133 cm³/mol. The van der Waals surface area contributed by atoms with E-state index < -0.39 is 63.0 Å². The van der Waals surface area contributed by atoms with Gasteiger partial charge >= 0.3 is 0 Å². The number of carbonyl (C=O) groups excluding carboxylic acids is 4. The highest BCUT2D eigenvalue weighted by Crippen LogP contribution is 2.54. The number of Topliss-reactive ketones (excluding diaryl/α,β-unsaturated/α-hetero) is 2. The van der Waals surface area contributed by atoms with Crippen molar-refractivity contribution in [1.29, 1.82) is 0 Å². The van der Waals surface area contributed by atoms with E-state index in [0.29, 0.717) is 17.0 Å². The zero-order chi connectivity index (χ0) is 26.7. The van der Waals surface area contributed by atoms with Crippen LogP contribution in [0, 0.1) is 11.8 Å². The Balaban J connectivity index is 1.92. The second-order valence-corrected chi connectivity index (χ2v) is 10.5. The van der Waals surface area contributed by atoms with E-state index in [9.17, 15) is 39.6 Å². The minimum Gasteiger partial charge on any atom is -0.508 e. The fourth-order valence-corrected chi connectivity index (χ4v) is 5.89. The molecular formula is C24H27N3O8S. The first-order valence-corrected chi connectivity index (χ1v) is 12.3. The molecule has 0 radical (unpaired) electrons. The largest absolute Gasteiger partial charge is 0.508 e. The molecule has 1 aromatic carbocycles. The van der Waals surface area contributed by atoms with Crippen molar-refractivity contribution >= 4 is 51.6 Å². The predicted octanol–water partition coefficient (Wildman–Crippen LogP) is 1.77. The van der Waals surface area contributed by atoms with Crippen molar-refractivity contribution in [2.24, 2.45) is 17.6 Å². The van der Waals surface area contributed by atoms with Gasteiger partial charge in [-0.25, -0.2) is 0 Å². The summed E-state index contributed by atoms with van der Waals surface area (Å²) in [5.41, 5.74) is 2.54. The van der Waals surface area contributed by atoms with Crippen LogP contribution in [0.4, 0.5) is 16.2 Å². The van der Waals surface area contributed by atoms with Gasteiger partial charge in [-0.15, -0.1) is 0 Å². The number of amides is 2. The summed E-state index contributed by atoms with van der Waals surface area (Å²) in [5, 5.41) is 46.4. The number of phenolic OH excluding ortho intramolecular Hbond substituents is 1. The number of ketones is 2. The van der Waals surface area contributed by atoms with Gasteiger partial charge in [-0.05, 0) is 36.1 Å². The number of rotatable bonds is 4. The Morgan fingerprint density at radius 3 is 2.47 bits per heavy atom. The second-order valence-electron chi connectivity index (χ2n) is 9.29. The van der Waals surface area contributed by atoms with Crippen molar-refractivity contribution in [2.45, 2.75) is 31.8 Å². The summed E-state index contributed by atoms with van der Waals surface area (Å²) >= 11 is 0.986. The molecule has 1 aromatic rings. The van der Waals surface area contributed by atoms with Gasteiger partial charge in [0.2, 0.25) is 5.78 Å². The highest BCUT2D eigenvalue weighted by Gasteiger charge is 2.60. The molecule has 3 aliphatic carbocycles. The molecule has 0 heterocycles. The normalized spacial score (nSPS) is 25.2. The van der Waals surface area contributed by atoms with Crippen LogP contribution in [-0.4, -0.2) is 68.6 Å². The smallest absolute Gasteiger partial charge is 0.283 e. The number of aliphatic hydroxyl groups excluding tert-OH is 2. The van der Waals surface area contributed by atoms with Crippen LogP contribution in [0.1, 0.15) is 30.9 Å². The lowest BCUT2D eigenvalue weighted by Gasteiger charge is -2.46. The molecular weight excluding hydrogens is 490 g/mol. The molecule has 12 heteroatoms. The fourth-order valence-electron chi connectivity index (χ4n) is 5.44. The summed E-state index contributed by atoms with van der Waals surface area (Å²) in [6, 6.07) is 1.57. The number of fused-ring (bicyclic) bond motifs is 3. The zero-order valence-electron chi connectivity index (χ0n) is 19.9. The molecule has 192 valence electrons. The molecule has 36 heavy (non-hydrogen) atoms. The van der Waals surface area contributed by atoms with Gasteiger partial charge in [0.15, 0.2) is 17.1 Å². The van der Waals surface area contributed by atoms with Crippen LogP contribution in [-0.2, 0) is 20.8 Å². The lowest BCUT2D eigenvalue weighted by molar-refractivity contribution is -0.147. The number of aromatic hydroxyl groups is 1. The topological polar surface area (TPSA) is 190 Å². The van der Waals surface area contributed by atoms with E-state index in [4.69, 9.17) is 5.73 Å². The standard InChI is InChI=1S/C24H27N3O8S/c1-4-36-23(34)26-12-8-13(27(2)3)11-6-9-5-10-7-14(28)17(22(25)33)21(32)24(10,35)20(31)15(9)19(30)16(11)18(12)29/h8-10,29-30,32,35H,4-7H2,1-3H3,(H2,25,33)(H,26,34)/t9-,10+,24+/m1/s1. The molecule has 3 atom stereocenters. The average molecular weight is 518 g/mol. The van der Waals surface area contributed by atoms with Crippen LogP contribution in [0.25, 0.3) is 5.76 Å². The third-order valence-corrected chi connectivity index (χ3v) is 7.69. The average Bonchev–Trinajstić information content (AvgIpc) is 2.77. The number of aliphatic hydroxyl groups is 3. The lowest BCUT2D eigenvalue weighted by Crippen LogP contribution is -2.58. The van der Waals surface area contributed by atoms with E-state index in [1.54, 1.807) is 32.0 Å². The fraction of sp³-hybridized carbons (Fsp3) is 0.417. The number of nitrogens with two attached hydrogens (primary N) is 1. The van der Waals surface area contributed by atoms with Crippen LogP contribution >= 0.6 is 11.8 Å². The van der Waals surface area contributed by atoms with E-state index in [2.05, 4.69) is 5.32 Å². The van der Waals surface area contributed by atoms with E-state index >= 15 is 0 Å². The first-order valence-electron chi connectivity index (χ1n) is 11.3. The summed E-state index contributed by atoms with van der Waals surface area (Å²) < 4.78 is 0. The maximum atomic E-state index is 13.6. The number of benzene rings is 1. The SMILES string of the molecule is CCSC(=O)Nc1cc(N(C)C)c2c(c1O)C(O)=C1C(=O)[C@]3(O)C(O)=C(C(N)=O)C(=O)C[C@@H]3C[C@@H]1C2. The Hall–Kier alpha value is -3.51. The zero-order valence-corrected chi connectivity index (χ0v) is 20.7. The number of nitrogens with one attached hydrogen (secondary N) is 1. The van der Waals surface area contributed by atoms with Gasteiger partial charge in [0.1, 0.15) is 17.1 Å². The third kappa shape index (κ3) is 3.63. The number of phenols is 1. The van der Waals surface area contributed by atoms with E-state index in [1.165, 1.54) is 0 Å². The Kier molecular flexibility index (Phi) is 6.29. The van der Waals surface area contributed by atoms with Crippen molar-refractivity contribution in [2.75, 3.05) is 30.1 Å². The number of carbonyl (C=O) groups is 4. The molecule has 0 aromatic heterocycles. The molecule has 2 amide bonds. The molecule has 1 saturated carbocycles. The minimum atomic E-state index is -2.63. The van der Waals surface area contributed by atoms with Gasteiger partial charge < -0.3 is 36.4 Å². The minimum absolute atomic E-state index is 0.0240. The number of anilines is 2. The summed E-state index contributed by atoms with van der Waals surface area (Å²) in [6.45, 7) is 1.79. The van der Waals surface area contributed by atoms with Crippen molar-refractivity contribution in [3.05, 3.63) is 34.1 Å². The van der Waals surface area contributed by atoms with Gasteiger partial charge in [0, 0.05) is 37.7 Å². The molecule has 3 aliphatic rings. The third-order valence-electron chi connectivity index (χ3n) is 7.03. The molecule has 4 rings (SSSR count). The van der Waals surface area contributed by atoms with Gasteiger partial charge in [-0.2, -0.15) is 0 Å². The van der Waals surface area contributed by atoms with Gasteiger partial charge in [0.05, 0.1) is 11.3 Å². The van der Waals surface area contributed by atoms with Crippen LogP contribution in [0.3, 0.4) is 0 Å². The van der Waals surface area contributed by atoms with Crippen LogP contribution < -0.4 is 16.0 Å². The Bertz CT molecular complexity index is 1280. The number of hydrogen-bond acceptors (Lipinski definition) is 10. The van der Waals surface area contributed by atoms with Crippen LogP contribution in [0.5, 0.6) is 5.75 Å². The molecule has 0 saturated heterocycles. The molecule has 1 fully saturated rings. The number of thioether (sulfide) groups is 1. The summed E-state index contributed by atoms with van der Waals surface area (Å²) in [5.74, 6) is -6.48. The molecule has 11 nitrogen and oxygen atoms in total. The maximum absolute atomic E-state index is 13.6. The van der Waals surface area contributed by atoms with Crippen LogP contribution in [0.2, 0.25) is 0 Å². The number of primary amides is 1. The first kappa shape index (κ1) is 25.6. The first-order chi connectivity index (χ1) is 16.8. The van der Waals surface area contributed by atoms with Gasteiger partial charge in [0.25, 0.3) is 11.1 Å². The Labute approximate surface area is 210 Å². The maximum Gasteiger partial charge on any atom is 0.283 e. The Morgan fingerprint density at radius 1 is 1.22 bits per heavy atom. The number of hydrogen-bond donors (Lipinski definition) is 6. The quantitative estimate of drug-likeness (QED) is 0.253.